The van der Waals surface area contributed by atoms with Crippen molar-refractivity contribution in [3.63, 3.8) is 0 Å². The van der Waals surface area contributed by atoms with E-state index >= 15 is 0 Å². The summed E-state index contributed by atoms with van der Waals surface area (Å²) in [6.07, 6.45) is 0. The van der Waals surface area contributed by atoms with Crippen molar-refractivity contribution in [2.75, 3.05) is 5.32 Å². The minimum Gasteiger partial charge on any atom is -0.360 e. The average molecular weight is 308 g/mol. The van der Waals surface area contributed by atoms with Crippen molar-refractivity contribution >= 4 is 23.1 Å². The van der Waals surface area contributed by atoms with E-state index in [9.17, 15) is 4.79 Å². The maximum absolute atomic E-state index is 12.1. The third kappa shape index (κ3) is 3.89. The minimum atomic E-state index is -0.348. The van der Waals surface area contributed by atoms with Gasteiger partial charge in [0.2, 0.25) is 5.91 Å². The van der Waals surface area contributed by atoms with Gasteiger partial charge in [0.05, 0.1) is 16.7 Å². The fourth-order valence-electron chi connectivity index (χ4n) is 2.13. The molecule has 0 saturated heterocycles. The Morgan fingerprint density at radius 3 is 2.57 bits per heavy atom. The number of aromatic nitrogens is 2. The third-order valence-corrected chi connectivity index (χ3v) is 4.36. The summed E-state index contributed by atoms with van der Waals surface area (Å²) in [5.74, 6) is 0.952. The smallest absolute Gasteiger partial charge is 0.242 e. The van der Waals surface area contributed by atoms with Crippen LogP contribution >= 0.6 is 11.3 Å². The largest absolute Gasteiger partial charge is 0.360 e. The van der Waals surface area contributed by atoms with Gasteiger partial charge in [0, 0.05) is 17.0 Å². The second-order valence-corrected chi connectivity index (χ2v) is 6.34. The Morgan fingerprint density at radius 2 is 2.05 bits per heavy atom. The van der Waals surface area contributed by atoms with Gasteiger partial charge in [-0.1, -0.05) is 5.16 Å². The van der Waals surface area contributed by atoms with Crippen LogP contribution in [0.5, 0.6) is 0 Å². The predicted molar refractivity (Wildman–Crippen MR) is 82.5 cm³/mol. The molecule has 21 heavy (non-hydrogen) atoms. The Labute approximate surface area is 127 Å². The van der Waals surface area contributed by atoms with Crippen molar-refractivity contribution in [3.05, 3.63) is 27.4 Å². The normalized spacial score (nSPS) is 14.0. The lowest BCUT2D eigenvalue weighted by molar-refractivity contribution is -0.118. The Balaban J connectivity index is 1.95. The molecule has 0 unspecified atom stereocenters. The molecule has 2 rings (SSSR count). The number of carbonyl (C=O) groups excluding carboxylic acids is 1. The van der Waals surface area contributed by atoms with Crippen molar-refractivity contribution < 1.29 is 9.32 Å². The lowest BCUT2D eigenvalue weighted by atomic mass is 10.2. The molecule has 2 atom stereocenters. The predicted octanol–water partition coefficient (Wildman–Crippen LogP) is 2.73. The molecule has 7 heteroatoms. The first-order valence-electron chi connectivity index (χ1n) is 6.81. The molecule has 2 aromatic heterocycles. The molecule has 0 aromatic carbocycles. The summed E-state index contributed by atoms with van der Waals surface area (Å²) in [4.78, 5) is 17.7. The van der Waals surface area contributed by atoms with E-state index in [1.807, 2.05) is 27.7 Å². The maximum atomic E-state index is 12.1. The Bertz CT molecular complexity index is 635. The van der Waals surface area contributed by atoms with Crippen molar-refractivity contribution in [1.29, 1.82) is 0 Å². The number of nitrogens with zero attached hydrogens (tertiary/aromatic N) is 2. The van der Waals surface area contributed by atoms with Gasteiger partial charge in [-0.3, -0.25) is 10.1 Å². The molecule has 0 aliphatic heterocycles. The number of carbonyl (C=O) groups is 1. The first-order valence-corrected chi connectivity index (χ1v) is 7.62. The number of amides is 1. The minimum absolute atomic E-state index is 0.0657. The van der Waals surface area contributed by atoms with E-state index in [-0.39, 0.29) is 18.0 Å². The molecule has 0 aliphatic carbocycles. The SMILES string of the molecule is Cc1cc(NC(=O)[C@@H](C)N[C@H](C)c2sc(C)nc2C)no1. The lowest BCUT2D eigenvalue weighted by Crippen LogP contribution is -2.39. The van der Waals surface area contributed by atoms with Crippen LogP contribution in [0.25, 0.3) is 0 Å². The van der Waals surface area contributed by atoms with E-state index in [0.29, 0.717) is 11.6 Å². The first-order chi connectivity index (χ1) is 9.86. The number of rotatable bonds is 5. The molecule has 0 bridgehead atoms. The average Bonchev–Trinajstić information content (AvgIpc) is 2.95. The van der Waals surface area contributed by atoms with Crippen LogP contribution < -0.4 is 10.6 Å². The summed E-state index contributed by atoms with van der Waals surface area (Å²) < 4.78 is 4.92. The van der Waals surface area contributed by atoms with Crippen LogP contribution in [-0.4, -0.2) is 22.1 Å². The van der Waals surface area contributed by atoms with E-state index < -0.39 is 0 Å². The Morgan fingerprint density at radius 1 is 1.33 bits per heavy atom. The molecule has 0 spiro atoms. The van der Waals surface area contributed by atoms with Gasteiger partial charge in [0.15, 0.2) is 5.82 Å². The number of hydrogen-bond acceptors (Lipinski definition) is 6. The zero-order chi connectivity index (χ0) is 15.6. The van der Waals surface area contributed by atoms with Crippen LogP contribution in [0.2, 0.25) is 0 Å². The fourth-order valence-corrected chi connectivity index (χ4v) is 3.07. The third-order valence-electron chi connectivity index (χ3n) is 3.11. The van der Waals surface area contributed by atoms with Crippen LogP contribution in [0.3, 0.4) is 0 Å². The van der Waals surface area contributed by atoms with Gasteiger partial charge in [0.25, 0.3) is 0 Å². The van der Waals surface area contributed by atoms with Gasteiger partial charge in [-0.05, 0) is 34.6 Å². The number of hydrogen-bond donors (Lipinski definition) is 2. The molecule has 0 aliphatic rings. The van der Waals surface area contributed by atoms with Crippen LogP contribution in [0.1, 0.15) is 41.2 Å². The molecule has 2 N–H and O–H groups in total. The molecular formula is C14H20N4O2S. The molecule has 1 amide bonds. The second-order valence-electron chi connectivity index (χ2n) is 5.10. The van der Waals surface area contributed by atoms with E-state index in [2.05, 4.69) is 20.8 Å². The van der Waals surface area contributed by atoms with Crippen molar-refractivity contribution in [2.24, 2.45) is 0 Å². The first kappa shape index (κ1) is 15.7. The van der Waals surface area contributed by atoms with Gasteiger partial charge in [-0.2, -0.15) is 0 Å². The van der Waals surface area contributed by atoms with Crippen molar-refractivity contribution in [2.45, 2.75) is 46.7 Å². The highest BCUT2D eigenvalue weighted by molar-refractivity contribution is 7.11. The van der Waals surface area contributed by atoms with Crippen LogP contribution in [0, 0.1) is 20.8 Å². The molecule has 0 saturated carbocycles. The number of thiazole rings is 1. The quantitative estimate of drug-likeness (QED) is 0.887. The summed E-state index contributed by atoms with van der Waals surface area (Å²) in [7, 11) is 0. The lowest BCUT2D eigenvalue weighted by Gasteiger charge is -2.18. The highest BCUT2D eigenvalue weighted by Gasteiger charge is 2.20. The van der Waals surface area contributed by atoms with E-state index in [0.717, 1.165) is 15.6 Å². The van der Waals surface area contributed by atoms with E-state index in [1.165, 1.54) is 0 Å². The van der Waals surface area contributed by atoms with Crippen molar-refractivity contribution in [3.8, 4) is 0 Å². The summed E-state index contributed by atoms with van der Waals surface area (Å²) >= 11 is 1.65. The van der Waals surface area contributed by atoms with Crippen LogP contribution in [0.4, 0.5) is 5.82 Å². The van der Waals surface area contributed by atoms with Gasteiger partial charge in [0.1, 0.15) is 5.76 Å². The highest BCUT2D eigenvalue weighted by atomic mass is 32.1. The summed E-state index contributed by atoms with van der Waals surface area (Å²) in [5, 5.41) is 10.8. The van der Waals surface area contributed by atoms with Gasteiger partial charge in [-0.15, -0.1) is 11.3 Å². The topological polar surface area (TPSA) is 80.0 Å². The fraction of sp³-hybridized carbons (Fsp3) is 0.500. The number of aryl methyl sites for hydroxylation is 3. The van der Waals surface area contributed by atoms with Crippen LogP contribution in [-0.2, 0) is 4.79 Å². The molecule has 2 heterocycles. The van der Waals surface area contributed by atoms with Gasteiger partial charge >= 0.3 is 0 Å². The highest BCUT2D eigenvalue weighted by Crippen LogP contribution is 2.24. The molecule has 0 radical (unpaired) electrons. The van der Waals surface area contributed by atoms with Gasteiger partial charge in [-0.25, -0.2) is 4.98 Å². The molecule has 6 nitrogen and oxygen atoms in total. The number of anilines is 1. The van der Waals surface area contributed by atoms with E-state index in [4.69, 9.17) is 4.52 Å². The second kappa shape index (κ2) is 6.36. The molecule has 0 fully saturated rings. The maximum Gasteiger partial charge on any atom is 0.242 e. The Kier molecular flexibility index (Phi) is 4.74. The summed E-state index contributed by atoms with van der Waals surface area (Å²) in [5.41, 5.74) is 1.01. The molecule has 2 aromatic rings. The zero-order valence-corrected chi connectivity index (χ0v) is 13.7. The summed E-state index contributed by atoms with van der Waals surface area (Å²) in [6.45, 7) is 9.60. The summed E-state index contributed by atoms with van der Waals surface area (Å²) in [6, 6.07) is 1.40. The van der Waals surface area contributed by atoms with Gasteiger partial charge < -0.3 is 9.84 Å². The van der Waals surface area contributed by atoms with Crippen LogP contribution in [0.15, 0.2) is 10.6 Å². The molecular weight excluding hydrogens is 288 g/mol. The zero-order valence-electron chi connectivity index (χ0n) is 12.9. The molecule has 114 valence electrons. The van der Waals surface area contributed by atoms with E-state index in [1.54, 1.807) is 24.3 Å². The van der Waals surface area contributed by atoms with Crippen molar-refractivity contribution in [1.82, 2.24) is 15.5 Å². The number of nitrogens with one attached hydrogen (secondary N) is 2. The standard InChI is InChI=1S/C14H20N4O2S/c1-7-6-12(18-20-7)17-14(19)10(4)15-8(2)13-9(3)16-11(5)21-13/h6,8,10,15H,1-5H3,(H,17,18,19)/t8-,10-/m1/s1. The monoisotopic (exact) mass is 308 g/mol. The Hall–Kier alpha value is -1.73.